The summed E-state index contributed by atoms with van der Waals surface area (Å²) in [4.78, 5) is 29.6. The van der Waals surface area contributed by atoms with Gasteiger partial charge in [-0.3, -0.25) is 19.1 Å². The van der Waals surface area contributed by atoms with Crippen LogP contribution in [0.3, 0.4) is 0 Å². The van der Waals surface area contributed by atoms with E-state index in [2.05, 4.69) is 56.3 Å². The summed E-state index contributed by atoms with van der Waals surface area (Å²) in [6.45, 7) is 17.8. The van der Waals surface area contributed by atoms with Crippen LogP contribution in [-0.4, -0.2) is 38.0 Å². The highest BCUT2D eigenvalue weighted by atomic mass is 16.5. The molecule has 0 N–H and O–H groups in total. The maximum atomic E-state index is 14.4. The third-order valence-corrected chi connectivity index (χ3v) is 8.29. The minimum absolute atomic E-state index is 0.0319. The molecule has 0 aliphatic carbocycles. The Bertz CT molecular complexity index is 1780. The number of para-hydroxylation sites is 2. The van der Waals surface area contributed by atoms with Crippen molar-refractivity contribution in [3.05, 3.63) is 84.0 Å². The second-order valence-electron chi connectivity index (χ2n) is 13.9. The Morgan fingerprint density at radius 3 is 2.43 bits per heavy atom. The monoisotopic (exact) mass is 563 g/mol. The number of nitrogens with zero attached hydrogens (tertiary/aromatic N) is 3. The molecule has 0 saturated heterocycles. The fourth-order valence-electron chi connectivity index (χ4n) is 6.36. The second-order valence-corrected chi connectivity index (χ2v) is 13.9. The van der Waals surface area contributed by atoms with Crippen LogP contribution in [0.1, 0.15) is 82.3 Å². The molecular weight excluding hydrogens is 522 g/mol. The lowest BCUT2D eigenvalue weighted by molar-refractivity contribution is -0.125. The van der Waals surface area contributed by atoms with Gasteiger partial charge < -0.3 is 9.30 Å². The van der Waals surface area contributed by atoms with Crippen LogP contribution in [0.4, 0.5) is 0 Å². The van der Waals surface area contributed by atoms with Crippen molar-refractivity contribution in [1.29, 1.82) is 0 Å². The van der Waals surface area contributed by atoms with Crippen LogP contribution in [0.25, 0.3) is 33.0 Å². The first-order valence-corrected chi connectivity index (χ1v) is 15.0. The number of carbonyl (C=O) groups is 2. The fourth-order valence-corrected chi connectivity index (χ4v) is 6.36. The van der Waals surface area contributed by atoms with Crippen molar-refractivity contribution in [2.45, 2.75) is 79.4 Å². The van der Waals surface area contributed by atoms with Gasteiger partial charge in [-0.05, 0) is 69.2 Å². The number of carbonyl (C=O) groups excluding carboxylic acids is 2. The summed E-state index contributed by atoms with van der Waals surface area (Å²) in [5, 5.41) is 2.04. The zero-order valence-electron chi connectivity index (χ0n) is 25.7. The van der Waals surface area contributed by atoms with E-state index in [0.717, 1.165) is 58.8 Å². The van der Waals surface area contributed by atoms with Gasteiger partial charge in [0.25, 0.3) is 5.91 Å². The van der Waals surface area contributed by atoms with E-state index in [1.165, 1.54) is 11.1 Å². The normalized spacial score (nSPS) is 15.8. The number of aromatic nitrogens is 2. The number of hydrogen-bond donors (Lipinski definition) is 0. The number of benzene rings is 2. The minimum Gasteiger partial charge on any atom is -0.473 e. The van der Waals surface area contributed by atoms with Crippen LogP contribution >= 0.6 is 0 Å². The lowest BCUT2D eigenvalue weighted by atomic mass is 9.90. The molecule has 0 saturated carbocycles. The van der Waals surface area contributed by atoms with Crippen molar-refractivity contribution >= 4 is 44.8 Å². The summed E-state index contributed by atoms with van der Waals surface area (Å²) in [5.41, 5.74) is 6.32. The molecule has 6 nitrogen and oxygen atoms in total. The molecular formula is C36H41N3O3. The molecule has 1 amide bonds. The Hall–Kier alpha value is -4.06. The maximum absolute atomic E-state index is 14.4. The third kappa shape index (κ3) is 4.97. The summed E-state index contributed by atoms with van der Waals surface area (Å²) >= 11 is 0. The van der Waals surface area contributed by atoms with Crippen LogP contribution in [0, 0.1) is 5.41 Å². The van der Waals surface area contributed by atoms with Crippen LogP contribution in [0.2, 0.25) is 0 Å². The van der Waals surface area contributed by atoms with Gasteiger partial charge in [0.2, 0.25) is 5.91 Å². The van der Waals surface area contributed by atoms with E-state index in [9.17, 15) is 9.59 Å². The Morgan fingerprint density at radius 1 is 0.952 bits per heavy atom. The van der Waals surface area contributed by atoms with E-state index < -0.39 is 5.60 Å². The number of fused-ring (bicyclic) bond motifs is 1. The predicted molar refractivity (Wildman–Crippen MR) is 170 cm³/mol. The lowest BCUT2D eigenvalue weighted by Crippen LogP contribution is -2.31. The van der Waals surface area contributed by atoms with Gasteiger partial charge in [-0.15, -0.1) is 0 Å². The predicted octanol–water partition coefficient (Wildman–Crippen LogP) is 8.05. The Labute approximate surface area is 248 Å². The summed E-state index contributed by atoms with van der Waals surface area (Å²) in [6.07, 6.45) is 7.44. The largest absolute Gasteiger partial charge is 0.473 e. The lowest BCUT2D eigenvalue weighted by Gasteiger charge is -2.27. The maximum Gasteiger partial charge on any atom is 0.261 e. The molecule has 2 aromatic carbocycles. The van der Waals surface area contributed by atoms with Gasteiger partial charge in [0.15, 0.2) is 5.88 Å². The molecule has 6 heteroatoms. The van der Waals surface area contributed by atoms with E-state index in [-0.39, 0.29) is 17.2 Å². The Morgan fingerprint density at radius 2 is 1.69 bits per heavy atom. The van der Waals surface area contributed by atoms with E-state index >= 15 is 0 Å². The molecule has 2 aliphatic heterocycles. The van der Waals surface area contributed by atoms with Gasteiger partial charge >= 0.3 is 0 Å². The number of ether oxygens (including phenoxy) is 1. The van der Waals surface area contributed by atoms with Crippen LogP contribution in [-0.2, 0) is 22.5 Å². The average molecular weight is 564 g/mol. The summed E-state index contributed by atoms with van der Waals surface area (Å²) in [5.74, 6) is 0.208. The SMILES string of the molecule is C=C(OC(C)(C)C)N1CC(c2cn3c4c(cccc24)CCC3)=C(c2cn(C(=O)CCC(C)(C)C)c3ccccc23)C1=O. The smallest absolute Gasteiger partial charge is 0.261 e. The van der Waals surface area contributed by atoms with Gasteiger partial charge in [-0.1, -0.05) is 57.2 Å². The zero-order valence-corrected chi connectivity index (χ0v) is 25.7. The molecule has 0 radical (unpaired) electrons. The van der Waals surface area contributed by atoms with Crippen LogP contribution in [0.15, 0.2) is 67.3 Å². The zero-order chi connectivity index (χ0) is 30.0. The second kappa shape index (κ2) is 10.0. The molecule has 0 spiro atoms. The van der Waals surface area contributed by atoms with Crippen molar-refractivity contribution in [2.24, 2.45) is 5.41 Å². The molecule has 42 heavy (non-hydrogen) atoms. The molecule has 2 aliphatic rings. The molecule has 0 bridgehead atoms. The number of rotatable bonds is 6. The molecule has 6 rings (SSSR count). The minimum atomic E-state index is -0.501. The van der Waals surface area contributed by atoms with Crippen molar-refractivity contribution in [1.82, 2.24) is 14.0 Å². The first-order chi connectivity index (χ1) is 19.8. The fraction of sp³-hybridized carbons (Fsp3) is 0.389. The van der Waals surface area contributed by atoms with E-state index in [4.69, 9.17) is 4.74 Å². The van der Waals surface area contributed by atoms with Crippen molar-refractivity contribution < 1.29 is 14.3 Å². The number of aryl methyl sites for hydroxylation is 2. The van der Waals surface area contributed by atoms with Gasteiger partial charge in [-0.25, -0.2) is 0 Å². The first-order valence-electron chi connectivity index (χ1n) is 15.0. The molecule has 4 aromatic rings. The van der Waals surface area contributed by atoms with E-state index in [1.54, 1.807) is 9.47 Å². The van der Waals surface area contributed by atoms with Gasteiger partial charge in [-0.2, -0.15) is 0 Å². The summed E-state index contributed by atoms with van der Waals surface area (Å²) in [6, 6.07) is 14.4. The molecule has 0 atom stereocenters. The van der Waals surface area contributed by atoms with Crippen LogP contribution < -0.4 is 0 Å². The summed E-state index contributed by atoms with van der Waals surface area (Å²) < 4.78 is 10.2. The van der Waals surface area contributed by atoms with Crippen LogP contribution in [0.5, 0.6) is 0 Å². The van der Waals surface area contributed by atoms with Crippen molar-refractivity contribution in [3.8, 4) is 0 Å². The van der Waals surface area contributed by atoms with Crippen molar-refractivity contribution in [3.63, 3.8) is 0 Å². The molecule has 0 fully saturated rings. The standard InChI is InChI=1S/C36H41N3O3/c1-23(42-36(5,6)7)38-21-29(27-20-37-19-11-13-24-12-10-15-26(27)33(24)37)32(34(38)41)28-22-39(30-16-9-8-14-25(28)30)31(40)17-18-35(2,3)4/h8-10,12,14-16,20,22H,1,11,13,17-19,21H2,2-7H3. The molecule has 4 heterocycles. The summed E-state index contributed by atoms with van der Waals surface area (Å²) in [7, 11) is 0. The molecule has 2 aromatic heterocycles. The highest BCUT2D eigenvalue weighted by Crippen LogP contribution is 2.43. The number of amides is 1. The molecule has 218 valence electrons. The first kappa shape index (κ1) is 28.1. The highest BCUT2D eigenvalue weighted by molar-refractivity contribution is 6.34. The van der Waals surface area contributed by atoms with E-state index in [0.29, 0.717) is 24.4 Å². The molecule has 0 unspecified atom stereocenters. The third-order valence-electron chi connectivity index (χ3n) is 8.29. The van der Waals surface area contributed by atoms with Gasteiger partial charge in [0.05, 0.1) is 23.2 Å². The topological polar surface area (TPSA) is 56.5 Å². The Kier molecular flexibility index (Phi) is 6.71. The van der Waals surface area contributed by atoms with E-state index in [1.807, 2.05) is 51.2 Å². The quantitative estimate of drug-likeness (QED) is 0.223. The highest BCUT2D eigenvalue weighted by Gasteiger charge is 2.38. The average Bonchev–Trinajstić information content (AvgIpc) is 3.58. The number of hydrogen-bond acceptors (Lipinski definition) is 3. The van der Waals surface area contributed by atoms with Crippen molar-refractivity contribution in [2.75, 3.05) is 6.54 Å². The Balaban J connectivity index is 1.55. The van der Waals surface area contributed by atoms with Gasteiger partial charge in [0, 0.05) is 47.3 Å². The van der Waals surface area contributed by atoms with Gasteiger partial charge in [0.1, 0.15) is 5.60 Å².